The molecule has 1 saturated heterocycles. The van der Waals surface area contributed by atoms with Crippen LogP contribution in [0.5, 0.6) is 5.75 Å². The van der Waals surface area contributed by atoms with Crippen molar-refractivity contribution in [3.05, 3.63) is 23.0 Å². The van der Waals surface area contributed by atoms with E-state index in [9.17, 15) is 14.0 Å². The molecular weight excluding hydrogens is 299 g/mol. The molecule has 7 heteroatoms. The van der Waals surface area contributed by atoms with Crippen LogP contribution < -0.4 is 9.64 Å². The number of imide groups is 1. The summed E-state index contributed by atoms with van der Waals surface area (Å²) >= 11 is 5.94. The Morgan fingerprint density at radius 2 is 2.00 bits per heavy atom. The topological polar surface area (TPSA) is 49.9 Å². The van der Waals surface area contributed by atoms with Gasteiger partial charge < -0.3 is 4.74 Å². The van der Waals surface area contributed by atoms with Crippen LogP contribution in [0.3, 0.4) is 0 Å². The van der Waals surface area contributed by atoms with E-state index >= 15 is 0 Å². The van der Waals surface area contributed by atoms with Crippen molar-refractivity contribution in [1.82, 2.24) is 4.90 Å². The minimum absolute atomic E-state index is 0.0550. The third kappa shape index (κ3) is 3.10. The van der Waals surface area contributed by atoms with Crippen molar-refractivity contribution in [2.24, 2.45) is 0 Å². The maximum absolute atomic E-state index is 14.1. The fraction of sp³-hybridized carbons (Fsp3) is 0.429. The zero-order valence-corrected chi connectivity index (χ0v) is 12.8. The van der Waals surface area contributed by atoms with Crippen molar-refractivity contribution in [2.45, 2.75) is 26.4 Å². The molecule has 21 heavy (non-hydrogen) atoms. The quantitative estimate of drug-likeness (QED) is 0.861. The third-order valence-electron chi connectivity index (χ3n) is 3.10. The normalized spacial score (nSPS) is 15.9. The van der Waals surface area contributed by atoms with Gasteiger partial charge in [0.25, 0.3) is 0 Å². The first-order valence-electron chi connectivity index (χ1n) is 6.55. The van der Waals surface area contributed by atoms with E-state index < -0.39 is 11.8 Å². The van der Waals surface area contributed by atoms with Gasteiger partial charge >= 0.3 is 6.03 Å². The summed E-state index contributed by atoms with van der Waals surface area (Å²) in [6, 6.07) is 1.93. The Hall–Kier alpha value is -1.82. The second kappa shape index (κ2) is 5.89. The average Bonchev–Trinajstić information content (AvgIpc) is 2.40. The number of hydrogen-bond acceptors (Lipinski definition) is 3. The summed E-state index contributed by atoms with van der Waals surface area (Å²) in [6.45, 7) is 3.76. The van der Waals surface area contributed by atoms with Crippen LogP contribution in [0.2, 0.25) is 5.02 Å². The summed E-state index contributed by atoms with van der Waals surface area (Å²) in [7, 11) is 1.37. The van der Waals surface area contributed by atoms with Gasteiger partial charge in [-0.25, -0.2) is 9.18 Å². The van der Waals surface area contributed by atoms with Gasteiger partial charge in [-0.15, -0.1) is 0 Å². The first-order chi connectivity index (χ1) is 9.81. The van der Waals surface area contributed by atoms with Gasteiger partial charge in [0.1, 0.15) is 11.6 Å². The molecule has 5 nitrogen and oxygen atoms in total. The second-order valence-corrected chi connectivity index (χ2v) is 5.44. The van der Waals surface area contributed by atoms with Gasteiger partial charge in [-0.05, 0) is 19.9 Å². The standard InChI is InChI=1S/C14H16ClFN2O3/c1-8(2)21-12-7-11(10(16)6-9(12)15)18-5-4-13(19)17(3)14(18)20/h6-8H,4-5H2,1-3H3. The van der Waals surface area contributed by atoms with Gasteiger partial charge in [0.15, 0.2) is 0 Å². The highest BCUT2D eigenvalue weighted by Crippen LogP contribution is 2.34. The summed E-state index contributed by atoms with van der Waals surface area (Å²) < 4.78 is 19.6. The molecule has 1 fully saturated rings. The van der Waals surface area contributed by atoms with Crippen LogP contribution in [0.1, 0.15) is 20.3 Å². The molecule has 2 rings (SSSR count). The molecule has 1 aromatic carbocycles. The monoisotopic (exact) mass is 314 g/mol. The maximum atomic E-state index is 14.1. The number of ether oxygens (including phenoxy) is 1. The summed E-state index contributed by atoms with van der Waals surface area (Å²) in [5.41, 5.74) is 0.0550. The molecule has 0 saturated carbocycles. The summed E-state index contributed by atoms with van der Waals surface area (Å²) in [4.78, 5) is 25.8. The molecule has 0 radical (unpaired) electrons. The van der Waals surface area contributed by atoms with E-state index in [-0.39, 0.29) is 35.7 Å². The fourth-order valence-corrected chi connectivity index (χ4v) is 2.25. The Bertz CT molecular complexity index is 592. The number of carbonyl (C=O) groups is 2. The lowest BCUT2D eigenvalue weighted by Gasteiger charge is -2.32. The minimum atomic E-state index is -0.632. The van der Waals surface area contributed by atoms with Gasteiger partial charge in [-0.2, -0.15) is 0 Å². The van der Waals surface area contributed by atoms with Gasteiger partial charge in [0.05, 0.1) is 16.8 Å². The maximum Gasteiger partial charge on any atom is 0.331 e. The van der Waals surface area contributed by atoms with Crippen LogP contribution in [0.25, 0.3) is 0 Å². The molecule has 0 aromatic heterocycles. The fourth-order valence-electron chi connectivity index (χ4n) is 2.05. The largest absolute Gasteiger partial charge is 0.489 e. The summed E-state index contributed by atoms with van der Waals surface area (Å²) in [5, 5.41) is 0.138. The van der Waals surface area contributed by atoms with Crippen molar-refractivity contribution in [3.8, 4) is 5.75 Å². The van der Waals surface area contributed by atoms with Crippen LogP contribution in [0, 0.1) is 5.82 Å². The van der Waals surface area contributed by atoms with Crippen LogP contribution in [-0.4, -0.2) is 36.5 Å². The molecule has 0 N–H and O–H groups in total. The lowest BCUT2D eigenvalue weighted by molar-refractivity contribution is -0.127. The predicted molar refractivity (Wildman–Crippen MR) is 77.3 cm³/mol. The van der Waals surface area contributed by atoms with E-state index in [1.165, 1.54) is 18.0 Å². The van der Waals surface area contributed by atoms with E-state index in [2.05, 4.69) is 0 Å². The van der Waals surface area contributed by atoms with Crippen molar-refractivity contribution in [3.63, 3.8) is 0 Å². The number of benzene rings is 1. The van der Waals surface area contributed by atoms with E-state index in [0.29, 0.717) is 5.75 Å². The van der Waals surface area contributed by atoms with E-state index in [0.717, 1.165) is 11.0 Å². The SMILES string of the molecule is CC(C)Oc1cc(N2CCC(=O)N(C)C2=O)c(F)cc1Cl. The molecule has 3 amide bonds. The molecule has 1 aromatic rings. The van der Waals surface area contributed by atoms with Crippen molar-refractivity contribution in [1.29, 1.82) is 0 Å². The average molecular weight is 315 g/mol. The summed E-state index contributed by atoms with van der Waals surface area (Å²) in [6.07, 6.45) is 0.00660. The molecule has 1 aliphatic rings. The van der Waals surface area contributed by atoms with Gasteiger partial charge in [0.2, 0.25) is 5.91 Å². The molecule has 1 heterocycles. The number of nitrogens with zero attached hydrogens (tertiary/aromatic N) is 2. The van der Waals surface area contributed by atoms with E-state index in [1.54, 1.807) is 0 Å². The molecule has 0 aliphatic carbocycles. The van der Waals surface area contributed by atoms with Gasteiger partial charge in [0, 0.05) is 26.1 Å². The molecule has 0 bridgehead atoms. The zero-order chi connectivity index (χ0) is 15.7. The van der Waals surface area contributed by atoms with E-state index in [4.69, 9.17) is 16.3 Å². The van der Waals surface area contributed by atoms with Crippen LogP contribution in [0.4, 0.5) is 14.9 Å². The highest BCUT2D eigenvalue weighted by atomic mass is 35.5. The Morgan fingerprint density at radius 1 is 1.33 bits per heavy atom. The Morgan fingerprint density at radius 3 is 2.62 bits per heavy atom. The minimum Gasteiger partial charge on any atom is -0.489 e. The van der Waals surface area contributed by atoms with Crippen molar-refractivity contribution < 1.29 is 18.7 Å². The third-order valence-corrected chi connectivity index (χ3v) is 3.39. The van der Waals surface area contributed by atoms with Crippen molar-refractivity contribution in [2.75, 3.05) is 18.5 Å². The molecular formula is C14H16ClFN2O3. The van der Waals surface area contributed by atoms with E-state index in [1.807, 2.05) is 13.8 Å². The predicted octanol–water partition coefficient (Wildman–Crippen LogP) is 3.05. The Kier molecular flexibility index (Phi) is 4.37. The number of rotatable bonds is 3. The first-order valence-corrected chi connectivity index (χ1v) is 6.92. The smallest absolute Gasteiger partial charge is 0.331 e. The van der Waals surface area contributed by atoms with Crippen LogP contribution in [-0.2, 0) is 4.79 Å². The lowest BCUT2D eigenvalue weighted by Crippen LogP contribution is -2.50. The Balaban J connectivity index is 2.39. The number of urea groups is 1. The molecule has 0 unspecified atom stereocenters. The van der Waals surface area contributed by atoms with Crippen LogP contribution >= 0.6 is 11.6 Å². The summed E-state index contributed by atoms with van der Waals surface area (Å²) in [5.74, 6) is -0.619. The molecule has 1 aliphatic heterocycles. The number of carbonyl (C=O) groups excluding carboxylic acids is 2. The Labute approximate surface area is 127 Å². The second-order valence-electron chi connectivity index (χ2n) is 5.04. The highest BCUT2D eigenvalue weighted by molar-refractivity contribution is 6.32. The van der Waals surface area contributed by atoms with Crippen LogP contribution in [0.15, 0.2) is 12.1 Å². The van der Waals surface area contributed by atoms with Gasteiger partial charge in [-0.1, -0.05) is 11.6 Å². The molecule has 0 spiro atoms. The lowest BCUT2D eigenvalue weighted by atomic mass is 10.2. The highest BCUT2D eigenvalue weighted by Gasteiger charge is 2.32. The number of halogens is 2. The van der Waals surface area contributed by atoms with Gasteiger partial charge in [-0.3, -0.25) is 14.6 Å². The number of anilines is 1. The number of hydrogen-bond donors (Lipinski definition) is 0. The zero-order valence-electron chi connectivity index (χ0n) is 12.0. The number of amides is 3. The first kappa shape index (κ1) is 15.6. The molecule has 114 valence electrons. The molecule has 0 atom stereocenters. The van der Waals surface area contributed by atoms with Crippen molar-refractivity contribution >= 4 is 29.2 Å².